The molecule has 6 nitrogen and oxygen atoms in total. The van der Waals surface area contributed by atoms with Gasteiger partial charge in [-0.1, -0.05) is 11.6 Å². The number of piperidine rings is 1. The first-order valence-electron chi connectivity index (χ1n) is 8.59. The monoisotopic (exact) mass is 372 g/mol. The second kappa shape index (κ2) is 7.83. The Morgan fingerprint density at radius 2 is 2.00 bits per heavy atom. The molecule has 0 saturated carbocycles. The van der Waals surface area contributed by atoms with Crippen molar-refractivity contribution in [2.45, 2.75) is 19.8 Å². The van der Waals surface area contributed by atoms with E-state index in [0.717, 1.165) is 18.4 Å². The molecule has 0 bridgehead atoms. The van der Waals surface area contributed by atoms with Gasteiger partial charge in [0.05, 0.1) is 5.56 Å². The maximum atomic E-state index is 12.9. The van der Waals surface area contributed by atoms with E-state index in [4.69, 9.17) is 11.6 Å². The van der Waals surface area contributed by atoms with Gasteiger partial charge in [0.15, 0.2) is 5.78 Å². The number of anilines is 1. The van der Waals surface area contributed by atoms with Crippen LogP contribution in [-0.2, 0) is 0 Å². The number of aromatic nitrogens is 2. The molecule has 2 aromatic rings. The lowest BCUT2D eigenvalue weighted by Gasteiger charge is -2.32. The van der Waals surface area contributed by atoms with Crippen LogP contribution < -0.4 is 5.32 Å². The molecule has 0 radical (unpaired) electrons. The largest absolute Gasteiger partial charge is 0.357 e. The Bertz CT molecular complexity index is 823. The third-order valence-electron chi connectivity index (χ3n) is 4.66. The molecule has 7 heteroatoms. The van der Waals surface area contributed by atoms with Gasteiger partial charge in [0, 0.05) is 49.0 Å². The number of rotatable bonds is 4. The summed E-state index contributed by atoms with van der Waals surface area (Å²) >= 11 is 5.98. The van der Waals surface area contributed by atoms with E-state index in [1.165, 1.54) is 12.4 Å². The van der Waals surface area contributed by atoms with Crippen molar-refractivity contribution in [1.82, 2.24) is 14.9 Å². The predicted molar refractivity (Wildman–Crippen MR) is 101 cm³/mol. The maximum absolute atomic E-state index is 12.9. The van der Waals surface area contributed by atoms with E-state index < -0.39 is 0 Å². The van der Waals surface area contributed by atoms with Crippen LogP contribution in [0.1, 0.15) is 39.1 Å². The van der Waals surface area contributed by atoms with Crippen LogP contribution >= 0.6 is 11.6 Å². The summed E-state index contributed by atoms with van der Waals surface area (Å²) in [6.45, 7) is 2.93. The lowest BCUT2D eigenvalue weighted by atomic mass is 9.88. The number of carbonyl (C=O) groups excluding carboxylic acids is 2. The Kier molecular flexibility index (Phi) is 5.52. The van der Waals surface area contributed by atoms with Crippen molar-refractivity contribution >= 4 is 29.2 Å². The zero-order valence-electron chi connectivity index (χ0n) is 14.8. The smallest absolute Gasteiger partial charge is 0.257 e. The molecule has 1 aromatic carbocycles. The molecule has 26 heavy (non-hydrogen) atoms. The third-order valence-corrected chi connectivity index (χ3v) is 4.89. The summed E-state index contributed by atoms with van der Waals surface area (Å²) in [6.07, 6.45) is 4.59. The van der Waals surface area contributed by atoms with Crippen molar-refractivity contribution in [3.63, 3.8) is 0 Å². The summed E-state index contributed by atoms with van der Waals surface area (Å²) in [6, 6.07) is 5.29. The second-order valence-corrected chi connectivity index (χ2v) is 6.90. The minimum absolute atomic E-state index is 0.0680. The van der Waals surface area contributed by atoms with Crippen molar-refractivity contribution in [1.29, 1.82) is 0 Å². The fourth-order valence-corrected chi connectivity index (χ4v) is 3.48. The molecule has 0 spiro atoms. The van der Waals surface area contributed by atoms with E-state index in [2.05, 4.69) is 15.3 Å². The number of ketones is 1. The summed E-state index contributed by atoms with van der Waals surface area (Å²) in [5, 5.41) is 3.44. The molecule has 2 heterocycles. The molecule has 1 saturated heterocycles. The van der Waals surface area contributed by atoms with Crippen molar-refractivity contribution < 1.29 is 9.59 Å². The maximum Gasteiger partial charge on any atom is 0.257 e. The van der Waals surface area contributed by atoms with Crippen LogP contribution in [-0.4, -0.2) is 46.7 Å². The fraction of sp³-hybridized carbons (Fsp3) is 0.368. The summed E-state index contributed by atoms with van der Waals surface area (Å²) in [5.41, 5.74) is 1.97. The van der Waals surface area contributed by atoms with Gasteiger partial charge >= 0.3 is 0 Å². The average Bonchev–Trinajstić information content (AvgIpc) is 2.67. The van der Waals surface area contributed by atoms with Gasteiger partial charge in [-0.25, -0.2) is 9.97 Å². The number of nitrogens with one attached hydrogen (secondary N) is 1. The number of Topliss-reactive ketones (excluding diaryl/α,β-unsaturated/α-hetero) is 1. The number of benzene rings is 1. The topological polar surface area (TPSA) is 75.2 Å². The summed E-state index contributed by atoms with van der Waals surface area (Å²) in [4.78, 5) is 35.5. The number of likely N-dealkylation sites (tertiary alicyclic amines) is 1. The van der Waals surface area contributed by atoms with Gasteiger partial charge in [0.25, 0.3) is 5.91 Å². The number of nitrogens with zero attached hydrogens (tertiary/aromatic N) is 3. The number of aryl methyl sites for hydroxylation is 1. The van der Waals surface area contributed by atoms with Gasteiger partial charge in [-0.15, -0.1) is 0 Å². The Morgan fingerprint density at radius 1 is 1.27 bits per heavy atom. The van der Waals surface area contributed by atoms with Gasteiger partial charge in [-0.2, -0.15) is 0 Å². The highest BCUT2D eigenvalue weighted by Gasteiger charge is 2.30. The van der Waals surface area contributed by atoms with E-state index in [1.54, 1.807) is 30.1 Å². The fourth-order valence-electron chi connectivity index (χ4n) is 3.25. The highest BCUT2D eigenvalue weighted by Crippen LogP contribution is 2.25. The first kappa shape index (κ1) is 18.3. The lowest BCUT2D eigenvalue weighted by molar-refractivity contribution is 0.0636. The number of amides is 1. The van der Waals surface area contributed by atoms with E-state index in [1.807, 2.05) is 6.92 Å². The molecule has 1 fully saturated rings. The van der Waals surface area contributed by atoms with E-state index in [0.29, 0.717) is 35.2 Å². The summed E-state index contributed by atoms with van der Waals surface area (Å²) in [7, 11) is 1.72. The van der Waals surface area contributed by atoms with Crippen LogP contribution in [0.4, 0.5) is 5.95 Å². The van der Waals surface area contributed by atoms with Gasteiger partial charge in [0.1, 0.15) is 0 Å². The van der Waals surface area contributed by atoms with E-state index in [-0.39, 0.29) is 17.6 Å². The van der Waals surface area contributed by atoms with Crippen LogP contribution in [0.25, 0.3) is 0 Å². The first-order valence-corrected chi connectivity index (χ1v) is 8.97. The number of carbonyl (C=O) groups is 2. The molecule has 1 aliphatic rings. The molecule has 1 amide bonds. The quantitative estimate of drug-likeness (QED) is 0.834. The standard InChI is InChI=1S/C19H21ClN4O2/c1-12-8-15(20)5-6-16(12)17(25)13-4-3-7-24(11-13)18(26)14-9-22-19(21-2)23-10-14/h5-6,8-10,13H,3-4,7,11H2,1-2H3,(H,21,22,23)/t13-/m0/s1. The normalized spacial score (nSPS) is 17.0. The number of hydrogen-bond donors (Lipinski definition) is 1. The zero-order valence-corrected chi connectivity index (χ0v) is 15.6. The Morgan fingerprint density at radius 3 is 2.65 bits per heavy atom. The minimum atomic E-state index is -0.204. The first-order chi connectivity index (χ1) is 12.5. The second-order valence-electron chi connectivity index (χ2n) is 6.46. The molecule has 1 N–H and O–H groups in total. The molecule has 1 aromatic heterocycles. The lowest BCUT2D eigenvalue weighted by Crippen LogP contribution is -2.42. The van der Waals surface area contributed by atoms with Crippen LogP contribution in [0, 0.1) is 12.8 Å². The van der Waals surface area contributed by atoms with Crippen molar-refractivity contribution in [2.75, 3.05) is 25.5 Å². The van der Waals surface area contributed by atoms with Gasteiger partial charge in [-0.3, -0.25) is 9.59 Å². The predicted octanol–water partition coefficient (Wildman–Crippen LogP) is 3.22. The molecule has 136 valence electrons. The van der Waals surface area contributed by atoms with Crippen molar-refractivity contribution in [3.8, 4) is 0 Å². The zero-order chi connectivity index (χ0) is 18.7. The highest BCUT2D eigenvalue weighted by atomic mass is 35.5. The molecular formula is C19H21ClN4O2. The van der Waals surface area contributed by atoms with Crippen LogP contribution in [0.3, 0.4) is 0 Å². The van der Waals surface area contributed by atoms with Crippen molar-refractivity contribution in [3.05, 3.63) is 52.3 Å². The summed E-state index contributed by atoms with van der Waals surface area (Å²) < 4.78 is 0. The summed E-state index contributed by atoms with van der Waals surface area (Å²) in [5.74, 6) is 0.188. The highest BCUT2D eigenvalue weighted by molar-refractivity contribution is 6.30. The molecule has 1 atom stereocenters. The minimum Gasteiger partial charge on any atom is -0.357 e. The molecule has 0 aliphatic carbocycles. The van der Waals surface area contributed by atoms with E-state index in [9.17, 15) is 9.59 Å². The number of hydrogen-bond acceptors (Lipinski definition) is 5. The molecular weight excluding hydrogens is 352 g/mol. The van der Waals surface area contributed by atoms with Gasteiger partial charge < -0.3 is 10.2 Å². The SMILES string of the molecule is CNc1ncc(C(=O)N2CCC[C@H](C(=O)c3ccc(Cl)cc3C)C2)cn1. The average molecular weight is 373 g/mol. The third kappa shape index (κ3) is 3.85. The van der Waals surface area contributed by atoms with Crippen LogP contribution in [0.2, 0.25) is 5.02 Å². The molecule has 0 unspecified atom stereocenters. The Hall–Kier alpha value is -2.47. The Balaban J connectivity index is 1.73. The van der Waals surface area contributed by atoms with Gasteiger partial charge in [0.2, 0.25) is 5.95 Å². The van der Waals surface area contributed by atoms with Gasteiger partial charge in [-0.05, 0) is 43.5 Å². The molecule has 3 rings (SSSR count). The van der Waals surface area contributed by atoms with Crippen LogP contribution in [0.15, 0.2) is 30.6 Å². The number of halogens is 1. The molecule has 1 aliphatic heterocycles. The Labute approximate surface area is 157 Å². The van der Waals surface area contributed by atoms with E-state index >= 15 is 0 Å². The van der Waals surface area contributed by atoms with Crippen LogP contribution in [0.5, 0.6) is 0 Å². The van der Waals surface area contributed by atoms with Crippen molar-refractivity contribution in [2.24, 2.45) is 5.92 Å².